The number of benzene rings is 2. The molecule has 3 aromatic rings. The molecule has 4 nitrogen and oxygen atoms in total. The molecule has 1 aromatic heterocycles. The molecule has 0 radical (unpaired) electrons. The van der Waals surface area contributed by atoms with Gasteiger partial charge in [0.25, 0.3) is 5.56 Å². The number of nitrogens with one attached hydrogen (secondary N) is 1. The van der Waals surface area contributed by atoms with Crippen LogP contribution in [0, 0.1) is 0 Å². The van der Waals surface area contributed by atoms with Gasteiger partial charge in [-0.15, -0.1) is 0 Å². The Hall–Kier alpha value is -2.62. The first kappa shape index (κ1) is 11.5. The van der Waals surface area contributed by atoms with Gasteiger partial charge in [-0.1, -0.05) is 30.3 Å². The summed E-state index contributed by atoms with van der Waals surface area (Å²) in [6.07, 6.45) is 1.67. The Morgan fingerprint density at radius 3 is 2.63 bits per heavy atom. The molecule has 0 fully saturated rings. The van der Waals surface area contributed by atoms with Gasteiger partial charge in [0.2, 0.25) is 0 Å². The summed E-state index contributed by atoms with van der Waals surface area (Å²) in [5, 5.41) is 7.71. The van der Waals surface area contributed by atoms with E-state index in [1.807, 2.05) is 36.4 Å². The Labute approximate surface area is 109 Å². The van der Waals surface area contributed by atoms with E-state index in [-0.39, 0.29) is 5.56 Å². The molecule has 0 bridgehead atoms. The summed E-state index contributed by atoms with van der Waals surface area (Å²) < 4.78 is 5.27. The first-order valence-corrected chi connectivity index (χ1v) is 5.90. The maximum absolute atomic E-state index is 11.9. The molecular formula is C15H12N2O2. The highest BCUT2D eigenvalue weighted by atomic mass is 16.5. The SMILES string of the molecule is COc1cc(-c2ccccc2)c2cn[nH]c(=O)c2c1. The summed E-state index contributed by atoms with van der Waals surface area (Å²) in [4.78, 5) is 11.9. The summed E-state index contributed by atoms with van der Waals surface area (Å²) in [6, 6.07) is 13.5. The van der Waals surface area contributed by atoms with Crippen molar-refractivity contribution >= 4 is 10.8 Å². The summed E-state index contributed by atoms with van der Waals surface area (Å²) in [5.41, 5.74) is 1.75. The van der Waals surface area contributed by atoms with Gasteiger partial charge in [0.05, 0.1) is 18.7 Å². The van der Waals surface area contributed by atoms with Crippen molar-refractivity contribution in [3.63, 3.8) is 0 Å². The molecule has 0 unspecified atom stereocenters. The second kappa shape index (κ2) is 4.57. The van der Waals surface area contributed by atoms with Crippen LogP contribution < -0.4 is 10.3 Å². The van der Waals surface area contributed by atoms with Crippen molar-refractivity contribution in [3.8, 4) is 16.9 Å². The first-order chi connectivity index (χ1) is 9.29. The lowest BCUT2D eigenvalue weighted by atomic mass is 10.00. The average molecular weight is 252 g/mol. The van der Waals surface area contributed by atoms with Crippen LogP contribution in [0.15, 0.2) is 53.5 Å². The van der Waals surface area contributed by atoms with E-state index in [4.69, 9.17) is 4.74 Å². The van der Waals surface area contributed by atoms with Crippen LogP contribution in [0.3, 0.4) is 0 Å². The molecule has 0 amide bonds. The average Bonchev–Trinajstić information content (AvgIpc) is 2.48. The molecule has 0 atom stereocenters. The first-order valence-electron chi connectivity index (χ1n) is 5.90. The zero-order valence-corrected chi connectivity index (χ0v) is 10.4. The van der Waals surface area contributed by atoms with E-state index in [1.165, 1.54) is 0 Å². The third-order valence-corrected chi connectivity index (χ3v) is 3.08. The van der Waals surface area contributed by atoms with Crippen molar-refractivity contribution in [2.45, 2.75) is 0 Å². The predicted octanol–water partition coefficient (Wildman–Crippen LogP) is 2.60. The van der Waals surface area contributed by atoms with E-state index in [2.05, 4.69) is 10.2 Å². The van der Waals surface area contributed by atoms with Crippen molar-refractivity contribution in [3.05, 3.63) is 59.0 Å². The molecule has 1 N–H and O–H groups in total. The lowest BCUT2D eigenvalue weighted by Crippen LogP contribution is -2.08. The minimum Gasteiger partial charge on any atom is -0.497 e. The summed E-state index contributed by atoms with van der Waals surface area (Å²) in [5.74, 6) is 0.656. The van der Waals surface area contributed by atoms with Gasteiger partial charge in [-0.2, -0.15) is 5.10 Å². The molecular weight excluding hydrogens is 240 g/mol. The number of H-pyrrole nitrogens is 1. The molecule has 0 saturated heterocycles. The maximum atomic E-state index is 11.9. The van der Waals surface area contributed by atoms with Crippen LogP contribution in [0.25, 0.3) is 21.9 Å². The van der Waals surface area contributed by atoms with E-state index in [0.717, 1.165) is 16.5 Å². The van der Waals surface area contributed by atoms with Gasteiger partial charge in [0.1, 0.15) is 5.75 Å². The number of ether oxygens (including phenoxy) is 1. The highest BCUT2D eigenvalue weighted by Gasteiger charge is 2.09. The zero-order chi connectivity index (χ0) is 13.2. The van der Waals surface area contributed by atoms with E-state index >= 15 is 0 Å². The Kier molecular flexibility index (Phi) is 2.76. The number of hydrogen-bond acceptors (Lipinski definition) is 3. The molecule has 1 heterocycles. The van der Waals surface area contributed by atoms with Crippen molar-refractivity contribution in [1.29, 1.82) is 0 Å². The monoisotopic (exact) mass is 252 g/mol. The molecule has 3 rings (SSSR count). The molecule has 4 heteroatoms. The number of rotatable bonds is 2. The molecule has 94 valence electrons. The third kappa shape index (κ3) is 1.97. The van der Waals surface area contributed by atoms with Gasteiger partial charge >= 0.3 is 0 Å². The van der Waals surface area contributed by atoms with E-state index < -0.39 is 0 Å². The molecule has 0 aliphatic heterocycles. The van der Waals surface area contributed by atoms with E-state index in [1.54, 1.807) is 19.4 Å². The predicted molar refractivity (Wildman–Crippen MR) is 74.4 cm³/mol. The normalized spacial score (nSPS) is 10.6. The molecule has 2 aromatic carbocycles. The Morgan fingerprint density at radius 1 is 1.11 bits per heavy atom. The lowest BCUT2D eigenvalue weighted by Gasteiger charge is -2.09. The van der Waals surface area contributed by atoms with Gasteiger partial charge in [-0.25, -0.2) is 5.10 Å². The van der Waals surface area contributed by atoms with Crippen LogP contribution in [0.2, 0.25) is 0 Å². The highest BCUT2D eigenvalue weighted by molar-refractivity contribution is 5.96. The molecule has 0 spiro atoms. The van der Waals surface area contributed by atoms with Crippen molar-refractivity contribution < 1.29 is 4.74 Å². The topological polar surface area (TPSA) is 55.0 Å². The van der Waals surface area contributed by atoms with Crippen molar-refractivity contribution in [2.24, 2.45) is 0 Å². The smallest absolute Gasteiger partial charge is 0.272 e. The summed E-state index contributed by atoms with van der Waals surface area (Å²) in [6.45, 7) is 0. The van der Waals surface area contributed by atoms with Crippen LogP contribution in [0.1, 0.15) is 0 Å². The van der Waals surface area contributed by atoms with E-state index in [9.17, 15) is 4.79 Å². The fourth-order valence-electron chi connectivity index (χ4n) is 2.14. The summed E-state index contributed by atoms with van der Waals surface area (Å²) in [7, 11) is 1.59. The minimum absolute atomic E-state index is 0.214. The Balaban J connectivity index is 2.41. The second-order valence-electron chi connectivity index (χ2n) is 4.20. The fraction of sp³-hybridized carbons (Fsp3) is 0.0667. The second-order valence-corrected chi connectivity index (χ2v) is 4.20. The highest BCUT2D eigenvalue weighted by Crippen LogP contribution is 2.30. The van der Waals surface area contributed by atoms with Crippen molar-refractivity contribution in [1.82, 2.24) is 10.2 Å². The fourth-order valence-corrected chi connectivity index (χ4v) is 2.14. The number of fused-ring (bicyclic) bond motifs is 1. The standard InChI is InChI=1S/C15H12N2O2/c1-19-11-7-12(10-5-3-2-4-6-10)14-9-16-17-15(18)13(14)8-11/h2-9H,1H3,(H,17,18). The number of methoxy groups -OCH3 is 1. The minimum atomic E-state index is -0.214. The molecule has 0 saturated carbocycles. The zero-order valence-electron chi connectivity index (χ0n) is 10.4. The number of aromatic nitrogens is 2. The van der Waals surface area contributed by atoms with Crippen LogP contribution in [0.4, 0.5) is 0 Å². The molecule has 0 aliphatic carbocycles. The van der Waals surface area contributed by atoms with Gasteiger partial charge in [0, 0.05) is 5.39 Å². The third-order valence-electron chi connectivity index (χ3n) is 3.08. The van der Waals surface area contributed by atoms with Crippen LogP contribution >= 0.6 is 0 Å². The quantitative estimate of drug-likeness (QED) is 0.762. The summed E-state index contributed by atoms with van der Waals surface area (Å²) >= 11 is 0. The lowest BCUT2D eigenvalue weighted by molar-refractivity contribution is 0.415. The Morgan fingerprint density at radius 2 is 1.89 bits per heavy atom. The van der Waals surface area contributed by atoms with Gasteiger partial charge in [-0.3, -0.25) is 4.79 Å². The van der Waals surface area contributed by atoms with Gasteiger partial charge < -0.3 is 4.74 Å². The largest absolute Gasteiger partial charge is 0.497 e. The molecule has 19 heavy (non-hydrogen) atoms. The van der Waals surface area contributed by atoms with Gasteiger partial charge in [0.15, 0.2) is 0 Å². The van der Waals surface area contributed by atoms with Crippen molar-refractivity contribution in [2.75, 3.05) is 7.11 Å². The Bertz CT molecular complexity index is 779. The number of aromatic amines is 1. The number of nitrogens with zero attached hydrogens (tertiary/aromatic N) is 1. The molecule has 0 aliphatic rings. The van der Waals surface area contributed by atoms with Crippen LogP contribution in [-0.4, -0.2) is 17.3 Å². The maximum Gasteiger partial charge on any atom is 0.272 e. The number of hydrogen-bond donors (Lipinski definition) is 1. The van der Waals surface area contributed by atoms with Crippen LogP contribution in [-0.2, 0) is 0 Å². The van der Waals surface area contributed by atoms with Gasteiger partial charge in [-0.05, 0) is 23.3 Å². The van der Waals surface area contributed by atoms with Crippen LogP contribution in [0.5, 0.6) is 5.75 Å². The van der Waals surface area contributed by atoms with E-state index in [0.29, 0.717) is 11.1 Å².